The average Bonchev–Trinajstić information content (AvgIpc) is 2.73. The van der Waals surface area contributed by atoms with E-state index in [9.17, 15) is 9.90 Å². The number of ether oxygens (including phenoxy) is 1. The molecule has 2 N–H and O–H groups in total. The third-order valence-corrected chi connectivity index (χ3v) is 4.82. The molecule has 13 heavy (non-hydrogen) atoms. The molecule has 0 saturated carbocycles. The molecule has 1 aliphatic carbocycles. The molecule has 74 valence electrons. The monoisotopic (exact) mass is 200 g/mol. The fourth-order valence-corrected chi connectivity index (χ4v) is 3.56. The Morgan fingerprint density at radius 1 is 1.46 bits per heavy atom. The molecule has 0 aromatic heterocycles. The molecule has 0 radical (unpaired) electrons. The minimum absolute atomic E-state index is 0.129. The van der Waals surface area contributed by atoms with Gasteiger partial charge in [-0.2, -0.15) is 0 Å². The number of epoxide rings is 1. The summed E-state index contributed by atoms with van der Waals surface area (Å²) in [5.41, 5.74) is 0. The predicted octanol–water partition coefficient (Wildman–Crippen LogP) is 0.427. The van der Waals surface area contributed by atoms with Crippen LogP contribution >= 0.6 is 0 Å². The normalized spacial score (nSPS) is 43.9. The summed E-state index contributed by atoms with van der Waals surface area (Å²) in [6, 6.07) is 0. The SMILES string of the molecule is C[C@@H]1[C@H](O)C([Si](C)(C)O)=CC2O[C@H]21. The van der Waals surface area contributed by atoms with Crippen LogP contribution in [0.3, 0.4) is 0 Å². The molecule has 0 aromatic carbocycles. The second kappa shape index (κ2) is 2.67. The first kappa shape index (κ1) is 9.39. The van der Waals surface area contributed by atoms with Gasteiger partial charge in [-0.3, -0.25) is 0 Å². The van der Waals surface area contributed by atoms with Crippen LogP contribution in [0.1, 0.15) is 6.92 Å². The molecule has 0 aromatic rings. The highest BCUT2D eigenvalue weighted by atomic mass is 28.4. The van der Waals surface area contributed by atoms with E-state index in [0.717, 1.165) is 5.20 Å². The fourth-order valence-electron chi connectivity index (χ4n) is 2.00. The Kier molecular flexibility index (Phi) is 1.93. The molecule has 2 aliphatic rings. The van der Waals surface area contributed by atoms with Crippen LogP contribution in [0, 0.1) is 5.92 Å². The summed E-state index contributed by atoms with van der Waals surface area (Å²) in [6.07, 6.45) is 1.76. The molecular weight excluding hydrogens is 184 g/mol. The molecule has 1 heterocycles. The highest BCUT2D eigenvalue weighted by Crippen LogP contribution is 2.41. The Balaban J connectivity index is 2.27. The van der Waals surface area contributed by atoms with Gasteiger partial charge in [-0.05, 0) is 18.3 Å². The first-order chi connectivity index (χ1) is 5.91. The largest absolute Gasteiger partial charge is 0.428 e. The van der Waals surface area contributed by atoms with Crippen molar-refractivity contribution in [2.45, 2.75) is 38.3 Å². The van der Waals surface area contributed by atoms with Gasteiger partial charge >= 0.3 is 0 Å². The van der Waals surface area contributed by atoms with Crippen molar-refractivity contribution in [3.05, 3.63) is 11.3 Å². The summed E-state index contributed by atoms with van der Waals surface area (Å²) in [4.78, 5) is 9.92. The standard InChI is InChI=1S/C9H16O3Si/c1-5-8(10)7(13(2,3)11)4-6-9(5)12-6/h4-6,8-11H,1-3H3/t5-,6?,8+,9+/m1/s1. The van der Waals surface area contributed by atoms with E-state index < -0.39 is 14.4 Å². The first-order valence-electron chi connectivity index (χ1n) is 4.69. The second-order valence-electron chi connectivity index (χ2n) is 4.55. The van der Waals surface area contributed by atoms with Gasteiger partial charge in [0, 0.05) is 5.92 Å². The highest BCUT2D eigenvalue weighted by Gasteiger charge is 2.51. The Morgan fingerprint density at radius 2 is 2.08 bits per heavy atom. The number of rotatable bonds is 1. The van der Waals surface area contributed by atoms with Gasteiger partial charge in [0.05, 0.1) is 12.2 Å². The van der Waals surface area contributed by atoms with Gasteiger partial charge in [0.2, 0.25) is 8.32 Å². The van der Waals surface area contributed by atoms with Crippen molar-refractivity contribution >= 4 is 8.32 Å². The second-order valence-corrected chi connectivity index (χ2v) is 8.25. The number of fused-ring (bicyclic) bond motifs is 1. The van der Waals surface area contributed by atoms with Crippen molar-refractivity contribution in [3.8, 4) is 0 Å². The quantitative estimate of drug-likeness (QED) is 0.477. The maximum Gasteiger partial charge on any atom is 0.212 e. The van der Waals surface area contributed by atoms with Crippen LogP contribution in [-0.2, 0) is 4.74 Å². The van der Waals surface area contributed by atoms with Gasteiger partial charge in [0.25, 0.3) is 0 Å². The lowest BCUT2D eigenvalue weighted by Gasteiger charge is -2.29. The average molecular weight is 200 g/mol. The van der Waals surface area contributed by atoms with Gasteiger partial charge in [0.15, 0.2) is 0 Å². The summed E-state index contributed by atoms with van der Waals surface area (Å²) in [7, 11) is -2.35. The maximum absolute atomic E-state index is 9.92. The van der Waals surface area contributed by atoms with E-state index in [4.69, 9.17) is 4.74 Å². The summed E-state index contributed by atoms with van der Waals surface area (Å²) in [5.74, 6) is 0.129. The molecule has 0 amide bonds. The Bertz CT molecular complexity index is 256. The third-order valence-electron chi connectivity index (χ3n) is 2.95. The van der Waals surface area contributed by atoms with Crippen molar-refractivity contribution in [2.75, 3.05) is 0 Å². The Hall–Kier alpha value is -0.163. The Labute approximate surface area is 79.2 Å². The van der Waals surface area contributed by atoms with Crippen molar-refractivity contribution in [1.29, 1.82) is 0 Å². The number of hydrogen-bond donors (Lipinski definition) is 2. The van der Waals surface area contributed by atoms with E-state index in [1.54, 1.807) is 0 Å². The fraction of sp³-hybridized carbons (Fsp3) is 0.778. The topological polar surface area (TPSA) is 53.0 Å². The molecule has 1 fully saturated rings. The van der Waals surface area contributed by atoms with E-state index in [1.807, 2.05) is 26.1 Å². The van der Waals surface area contributed by atoms with Gasteiger partial charge in [0.1, 0.15) is 6.10 Å². The molecule has 0 spiro atoms. The minimum atomic E-state index is -2.35. The number of aliphatic hydroxyl groups is 1. The molecular formula is C9H16O3Si. The summed E-state index contributed by atoms with van der Waals surface area (Å²) in [5, 5.41) is 10.7. The van der Waals surface area contributed by atoms with Crippen LogP contribution in [0.5, 0.6) is 0 Å². The highest BCUT2D eigenvalue weighted by molar-refractivity contribution is 6.77. The van der Waals surface area contributed by atoms with Crippen LogP contribution in [0.2, 0.25) is 13.1 Å². The van der Waals surface area contributed by atoms with E-state index in [2.05, 4.69) is 0 Å². The third kappa shape index (κ3) is 1.48. The van der Waals surface area contributed by atoms with E-state index in [-0.39, 0.29) is 18.1 Å². The van der Waals surface area contributed by atoms with Crippen LogP contribution in [0.15, 0.2) is 11.3 Å². The minimum Gasteiger partial charge on any atom is -0.428 e. The van der Waals surface area contributed by atoms with E-state index >= 15 is 0 Å². The summed E-state index contributed by atoms with van der Waals surface area (Å²) < 4.78 is 5.36. The molecule has 1 saturated heterocycles. The molecule has 1 aliphatic heterocycles. The van der Waals surface area contributed by atoms with Crippen LogP contribution in [-0.4, -0.2) is 36.5 Å². The Morgan fingerprint density at radius 3 is 2.62 bits per heavy atom. The number of aliphatic hydroxyl groups excluding tert-OH is 1. The lowest BCUT2D eigenvalue weighted by Crippen LogP contribution is -2.42. The van der Waals surface area contributed by atoms with Gasteiger partial charge in [-0.15, -0.1) is 0 Å². The van der Waals surface area contributed by atoms with Crippen molar-refractivity contribution in [1.82, 2.24) is 0 Å². The maximum atomic E-state index is 9.92. The van der Waals surface area contributed by atoms with Gasteiger partial charge in [-0.1, -0.05) is 13.0 Å². The summed E-state index contributed by atoms with van der Waals surface area (Å²) in [6.45, 7) is 5.64. The lowest BCUT2D eigenvalue weighted by molar-refractivity contribution is 0.133. The molecule has 4 heteroatoms. The first-order valence-corrected chi connectivity index (χ1v) is 7.64. The molecule has 0 bridgehead atoms. The number of hydrogen-bond acceptors (Lipinski definition) is 3. The molecule has 3 nitrogen and oxygen atoms in total. The zero-order valence-electron chi connectivity index (χ0n) is 8.19. The van der Waals surface area contributed by atoms with Crippen molar-refractivity contribution in [2.24, 2.45) is 5.92 Å². The zero-order chi connectivity index (χ0) is 9.80. The van der Waals surface area contributed by atoms with Gasteiger partial charge in [-0.25, -0.2) is 0 Å². The van der Waals surface area contributed by atoms with E-state index in [0.29, 0.717) is 0 Å². The summed E-state index contributed by atoms with van der Waals surface area (Å²) >= 11 is 0. The predicted molar refractivity (Wildman–Crippen MR) is 51.6 cm³/mol. The van der Waals surface area contributed by atoms with Crippen LogP contribution < -0.4 is 0 Å². The van der Waals surface area contributed by atoms with E-state index in [1.165, 1.54) is 0 Å². The lowest BCUT2D eigenvalue weighted by atomic mass is 9.93. The van der Waals surface area contributed by atoms with Crippen LogP contribution in [0.4, 0.5) is 0 Å². The van der Waals surface area contributed by atoms with Crippen molar-refractivity contribution < 1.29 is 14.6 Å². The van der Waals surface area contributed by atoms with Crippen molar-refractivity contribution in [3.63, 3.8) is 0 Å². The molecule has 2 rings (SSSR count). The van der Waals surface area contributed by atoms with Crippen LogP contribution in [0.25, 0.3) is 0 Å². The molecule has 4 atom stereocenters. The smallest absolute Gasteiger partial charge is 0.212 e. The zero-order valence-corrected chi connectivity index (χ0v) is 9.19. The molecule has 1 unspecified atom stereocenters. The van der Waals surface area contributed by atoms with Gasteiger partial charge < -0.3 is 14.6 Å².